The third-order valence-corrected chi connectivity index (χ3v) is 7.30. The van der Waals surface area contributed by atoms with E-state index >= 15 is 0 Å². The fourth-order valence-corrected chi connectivity index (χ4v) is 4.83. The van der Waals surface area contributed by atoms with Crippen LogP contribution in [0.2, 0.25) is 0 Å². The molecule has 3 aromatic rings. The first kappa shape index (κ1) is 30.5. The number of methoxy groups -OCH3 is 1. The lowest BCUT2D eigenvalue weighted by Gasteiger charge is -2.32. The Morgan fingerprint density at radius 3 is 2.00 bits per heavy atom. The van der Waals surface area contributed by atoms with Crippen LogP contribution in [0.15, 0.2) is 78.9 Å². The Bertz CT molecular complexity index is 1360. The van der Waals surface area contributed by atoms with Gasteiger partial charge >= 0.3 is 0 Å². The molecule has 0 aromatic heterocycles. The van der Waals surface area contributed by atoms with Crippen molar-refractivity contribution in [2.24, 2.45) is 0 Å². The number of nitrogens with one attached hydrogen (secondary N) is 1. The van der Waals surface area contributed by atoms with E-state index < -0.39 is 28.5 Å². The fourth-order valence-electron chi connectivity index (χ4n) is 3.98. The summed E-state index contributed by atoms with van der Waals surface area (Å²) in [6.07, 6.45) is 1.04. The quantitative estimate of drug-likeness (QED) is 0.335. The van der Waals surface area contributed by atoms with Gasteiger partial charge in [0.1, 0.15) is 30.7 Å². The average Bonchev–Trinajstić information content (AvgIpc) is 2.93. The fraction of sp³-hybridized carbons (Fsp3) is 0.333. The first-order chi connectivity index (χ1) is 19.0. The number of ether oxygens (including phenoxy) is 2. The molecular formula is C30H37N3O6S. The van der Waals surface area contributed by atoms with Gasteiger partial charge in [0.15, 0.2) is 0 Å². The summed E-state index contributed by atoms with van der Waals surface area (Å²) in [4.78, 5) is 27.9. The van der Waals surface area contributed by atoms with Crippen LogP contribution in [0.5, 0.6) is 11.5 Å². The number of carbonyl (C=O) groups is 2. The molecule has 1 atom stereocenters. The van der Waals surface area contributed by atoms with Gasteiger partial charge in [-0.15, -0.1) is 0 Å². The van der Waals surface area contributed by atoms with Crippen LogP contribution in [0.4, 0.5) is 5.69 Å². The minimum Gasteiger partial charge on any atom is -0.497 e. The Hall–Kier alpha value is -4.05. The van der Waals surface area contributed by atoms with Crippen LogP contribution in [0.1, 0.15) is 31.9 Å². The lowest BCUT2D eigenvalue weighted by atomic mass is 10.1. The number of sulfonamides is 1. The lowest BCUT2D eigenvalue weighted by molar-refractivity contribution is -0.139. The standard InChI is InChI=1S/C30H37N3O6S/c1-22(2)31-30(35)23(3)32(19-24-11-15-27(38-4)16-12-24)29(34)20-33(40(5,36)37)26-13-17-28(18-14-26)39-21-25-9-7-6-8-10-25/h6-18,22-23H,19-21H2,1-5H3,(H,31,35). The number of rotatable bonds is 13. The van der Waals surface area contributed by atoms with Crippen molar-refractivity contribution >= 4 is 27.5 Å². The van der Waals surface area contributed by atoms with E-state index in [-0.39, 0.29) is 18.5 Å². The zero-order chi connectivity index (χ0) is 29.3. The third-order valence-electron chi connectivity index (χ3n) is 6.16. The SMILES string of the molecule is COc1ccc(CN(C(=O)CN(c2ccc(OCc3ccccc3)cc2)S(C)(=O)=O)C(C)C(=O)NC(C)C)cc1. The first-order valence-corrected chi connectivity index (χ1v) is 14.8. The van der Waals surface area contributed by atoms with Gasteiger partial charge in [0.25, 0.3) is 0 Å². The molecule has 3 aromatic carbocycles. The van der Waals surface area contributed by atoms with Crippen molar-refractivity contribution in [3.63, 3.8) is 0 Å². The molecule has 214 valence electrons. The number of amides is 2. The van der Waals surface area contributed by atoms with Crippen molar-refractivity contribution in [1.82, 2.24) is 10.2 Å². The minimum atomic E-state index is -3.83. The highest BCUT2D eigenvalue weighted by molar-refractivity contribution is 7.92. The molecule has 0 aliphatic carbocycles. The predicted octanol–water partition coefficient (Wildman–Crippen LogP) is 3.98. The van der Waals surface area contributed by atoms with E-state index in [0.29, 0.717) is 23.8 Å². The Morgan fingerprint density at radius 2 is 1.45 bits per heavy atom. The van der Waals surface area contributed by atoms with Crippen LogP contribution in [-0.2, 0) is 32.8 Å². The van der Waals surface area contributed by atoms with Crippen LogP contribution in [0.3, 0.4) is 0 Å². The maximum absolute atomic E-state index is 13.6. The zero-order valence-electron chi connectivity index (χ0n) is 23.5. The van der Waals surface area contributed by atoms with Crippen molar-refractivity contribution in [3.8, 4) is 11.5 Å². The summed E-state index contributed by atoms with van der Waals surface area (Å²) in [5.74, 6) is 0.374. The van der Waals surface area contributed by atoms with Gasteiger partial charge in [-0.2, -0.15) is 0 Å². The van der Waals surface area contributed by atoms with Gasteiger partial charge in [-0.1, -0.05) is 42.5 Å². The van der Waals surface area contributed by atoms with E-state index in [1.165, 1.54) is 4.90 Å². The minimum absolute atomic E-state index is 0.110. The summed E-state index contributed by atoms with van der Waals surface area (Å²) in [6.45, 7) is 5.30. The van der Waals surface area contributed by atoms with Crippen molar-refractivity contribution in [1.29, 1.82) is 0 Å². The number of hydrogen-bond acceptors (Lipinski definition) is 6. The summed E-state index contributed by atoms with van der Waals surface area (Å²) < 4.78 is 37.6. The largest absolute Gasteiger partial charge is 0.497 e. The Kier molecular flexibility index (Phi) is 10.6. The van der Waals surface area contributed by atoms with Crippen LogP contribution < -0.4 is 19.1 Å². The molecule has 1 unspecified atom stereocenters. The van der Waals surface area contributed by atoms with Crippen LogP contribution >= 0.6 is 0 Å². The molecule has 0 heterocycles. The lowest BCUT2D eigenvalue weighted by Crippen LogP contribution is -2.52. The van der Waals surface area contributed by atoms with E-state index in [2.05, 4.69) is 5.32 Å². The van der Waals surface area contributed by atoms with Gasteiger partial charge in [0.2, 0.25) is 21.8 Å². The Labute approximate surface area is 236 Å². The summed E-state index contributed by atoms with van der Waals surface area (Å²) >= 11 is 0. The first-order valence-electron chi connectivity index (χ1n) is 12.9. The third kappa shape index (κ3) is 8.74. The molecule has 0 bridgehead atoms. The molecule has 0 fully saturated rings. The van der Waals surface area contributed by atoms with E-state index in [1.807, 2.05) is 44.2 Å². The maximum atomic E-state index is 13.6. The van der Waals surface area contributed by atoms with Gasteiger partial charge in [-0.3, -0.25) is 13.9 Å². The summed E-state index contributed by atoms with van der Waals surface area (Å²) in [7, 11) is -2.27. The molecule has 0 radical (unpaired) electrons. The summed E-state index contributed by atoms with van der Waals surface area (Å²) in [5.41, 5.74) is 2.08. The van der Waals surface area contributed by atoms with Gasteiger partial charge < -0.3 is 19.7 Å². The van der Waals surface area contributed by atoms with Gasteiger partial charge in [0, 0.05) is 12.6 Å². The highest BCUT2D eigenvalue weighted by Crippen LogP contribution is 2.23. The highest BCUT2D eigenvalue weighted by atomic mass is 32.2. The van der Waals surface area contributed by atoms with Crippen molar-refractivity contribution in [2.75, 3.05) is 24.2 Å². The highest BCUT2D eigenvalue weighted by Gasteiger charge is 2.30. The van der Waals surface area contributed by atoms with Crippen molar-refractivity contribution in [3.05, 3.63) is 90.0 Å². The second-order valence-corrected chi connectivity index (χ2v) is 11.7. The molecule has 0 spiro atoms. The second kappa shape index (κ2) is 13.8. The molecule has 40 heavy (non-hydrogen) atoms. The molecule has 0 saturated heterocycles. The number of carbonyl (C=O) groups excluding carboxylic acids is 2. The average molecular weight is 568 g/mol. The normalized spacial score (nSPS) is 11.9. The predicted molar refractivity (Wildman–Crippen MR) is 156 cm³/mol. The number of anilines is 1. The molecule has 0 aliphatic heterocycles. The van der Waals surface area contributed by atoms with Crippen molar-refractivity contribution < 1.29 is 27.5 Å². The van der Waals surface area contributed by atoms with E-state index in [4.69, 9.17) is 9.47 Å². The van der Waals surface area contributed by atoms with E-state index in [9.17, 15) is 18.0 Å². The molecule has 0 saturated carbocycles. The number of nitrogens with zero attached hydrogens (tertiary/aromatic N) is 2. The van der Waals surface area contributed by atoms with Crippen LogP contribution in [0, 0.1) is 0 Å². The topological polar surface area (TPSA) is 105 Å². The monoisotopic (exact) mass is 567 g/mol. The molecule has 9 nitrogen and oxygen atoms in total. The van der Waals surface area contributed by atoms with Crippen molar-refractivity contribution in [2.45, 2.75) is 46.0 Å². The summed E-state index contributed by atoms with van der Waals surface area (Å²) in [6, 6.07) is 22.4. The molecular weight excluding hydrogens is 530 g/mol. The molecule has 10 heteroatoms. The summed E-state index contributed by atoms with van der Waals surface area (Å²) in [5, 5.41) is 2.83. The Balaban J connectivity index is 1.82. The van der Waals surface area contributed by atoms with Crippen LogP contribution in [0.25, 0.3) is 0 Å². The van der Waals surface area contributed by atoms with Gasteiger partial charge in [-0.05, 0) is 68.3 Å². The van der Waals surface area contributed by atoms with E-state index in [0.717, 1.165) is 21.7 Å². The van der Waals surface area contributed by atoms with Gasteiger partial charge in [0.05, 0.1) is 19.1 Å². The second-order valence-electron chi connectivity index (χ2n) is 9.75. The maximum Gasteiger partial charge on any atom is 0.244 e. The van der Waals surface area contributed by atoms with Crippen LogP contribution in [-0.4, -0.2) is 57.1 Å². The number of hydrogen-bond donors (Lipinski definition) is 1. The van der Waals surface area contributed by atoms with E-state index in [1.54, 1.807) is 62.6 Å². The Morgan fingerprint density at radius 1 is 0.850 bits per heavy atom. The molecule has 0 aliphatic rings. The zero-order valence-corrected chi connectivity index (χ0v) is 24.4. The number of benzene rings is 3. The van der Waals surface area contributed by atoms with Gasteiger partial charge in [-0.25, -0.2) is 8.42 Å². The smallest absolute Gasteiger partial charge is 0.244 e. The molecule has 3 rings (SSSR count). The molecule has 1 N–H and O–H groups in total. The molecule has 2 amide bonds.